The van der Waals surface area contributed by atoms with E-state index in [0.29, 0.717) is 0 Å². The van der Waals surface area contributed by atoms with E-state index in [2.05, 4.69) is 32.6 Å². The summed E-state index contributed by atoms with van der Waals surface area (Å²) >= 11 is 0. The van der Waals surface area contributed by atoms with Gasteiger partial charge in [-0.3, -0.25) is 0 Å². The Hall–Kier alpha value is -1.03. The van der Waals surface area contributed by atoms with E-state index in [0.717, 1.165) is 25.7 Å². The monoisotopic (exact) mass is 177 g/mol. The summed E-state index contributed by atoms with van der Waals surface area (Å²) in [5.74, 6) is 0. The second kappa shape index (κ2) is 6.48. The molecule has 0 saturated carbocycles. The van der Waals surface area contributed by atoms with Gasteiger partial charge in [-0.1, -0.05) is 38.5 Å². The maximum atomic E-state index is 9.12. The highest BCUT2D eigenvalue weighted by Gasteiger charge is 2.23. The van der Waals surface area contributed by atoms with E-state index in [1.54, 1.807) is 0 Å². The van der Waals surface area contributed by atoms with Crippen molar-refractivity contribution in [2.75, 3.05) is 0 Å². The van der Waals surface area contributed by atoms with Gasteiger partial charge in [0.15, 0.2) is 0 Å². The molecule has 1 nitrogen and oxygen atoms in total. The summed E-state index contributed by atoms with van der Waals surface area (Å²) in [6.07, 6.45) is 9.65. The van der Waals surface area contributed by atoms with Crippen LogP contribution in [-0.4, -0.2) is 0 Å². The van der Waals surface area contributed by atoms with E-state index in [1.807, 2.05) is 12.2 Å². The average molecular weight is 177 g/mol. The second-order valence-electron chi connectivity index (χ2n) is 3.32. The second-order valence-corrected chi connectivity index (χ2v) is 3.32. The highest BCUT2D eigenvalue weighted by molar-refractivity contribution is 5.14. The lowest BCUT2D eigenvalue weighted by molar-refractivity contribution is 0.462. The summed E-state index contributed by atoms with van der Waals surface area (Å²) in [5, 5.41) is 9.12. The summed E-state index contributed by atoms with van der Waals surface area (Å²) in [7, 11) is 0. The van der Waals surface area contributed by atoms with E-state index in [4.69, 9.17) is 5.26 Å². The van der Waals surface area contributed by atoms with Crippen LogP contribution in [0.4, 0.5) is 0 Å². The molecule has 0 rings (SSSR count). The highest BCUT2D eigenvalue weighted by Crippen LogP contribution is 2.29. The Morgan fingerprint density at radius 2 is 2.15 bits per heavy atom. The maximum absolute atomic E-state index is 9.12. The van der Waals surface area contributed by atoms with Crippen LogP contribution < -0.4 is 0 Å². The van der Waals surface area contributed by atoms with Crippen molar-refractivity contribution in [1.82, 2.24) is 0 Å². The van der Waals surface area contributed by atoms with Gasteiger partial charge in [-0.05, 0) is 19.3 Å². The van der Waals surface area contributed by atoms with Crippen molar-refractivity contribution in [2.24, 2.45) is 5.41 Å². The molecule has 1 atom stereocenters. The van der Waals surface area contributed by atoms with E-state index in [1.165, 1.54) is 0 Å². The average Bonchev–Trinajstić information content (AvgIpc) is 2.15. The molecule has 13 heavy (non-hydrogen) atoms. The van der Waals surface area contributed by atoms with Gasteiger partial charge in [-0.2, -0.15) is 5.26 Å². The minimum atomic E-state index is -0.299. The molecule has 0 aliphatic heterocycles. The zero-order chi connectivity index (χ0) is 10.2. The fourth-order valence-corrected chi connectivity index (χ4v) is 1.44. The number of allylic oxidation sites excluding steroid dienone is 3. The van der Waals surface area contributed by atoms with Gasteiger partial charge in [0.2, 0.25) is 0 Å². The molecule has 1 heteroatoms. The van der Waals surface area contributed by atoms with Crippen molar-refractivity contribution < 1.29 is 0 Å². The van der Waals surface area contributed by atoms with Gasteiger partial charge in [-0.25, -0.2) is 0 Å². The molecule has 0 bridgehead atoms. The highest BCUT2D eigenvalue weighted by atomic mass is 14.3. The Kier molecular flexibility index (Phi) is 5.97. The standard InChI is InChI=1S/C12H19N/c1-4-7-10-12(11-13,8-5-2)9-6-3/h5,7,10H,2,4,6,8-9H2,1,3H3. The molecule has 0 spiro atoms. The van der Waals surface area contributed by atoms with Crippen LogP contribution in [0.2, 0.25) is 0 Å². The molecule has 0 radical (unpaired) electrons. The molecule has 1 unspecified atom stereocenters. The van der Waals surface area contributed by atoms with Gasteiger partial charge in [0.25, 0.3) is 0 Å². The third-order valence-corrected chi connectivity index (χ3v) is 2.10. The Labute approximate surface area is 81.8 Å². The van der Waals surface area contributed by atoms with Gasteiger partial charge in [0.05, 0.1) is 11.5 Å². The molecular formula is C12H19N. The summed E-state index contributed by atoms with van der Waals surface area (Å²) in [5.41, 5.74) is -0.299. The molecule has 0 saturated heterocycles. The first-order chi connectivity index (χ1) is 6.24. The van der Waals surface area contributed by atoms with Crippen molar-refractivity contribution in [2.45, 2.75) is 39.5 Å². The molecule has 0 aliphatic carbocycles. The number of rotatable bonds is 6. The summed E-state index contributed by atoms with van der Waals surface area (Å²) in [4.78, 5) is 0. The van der Waals surface area contributed by atoms with Crippen molar-refractivity contribution in [3.63, 3.8) is 0 Å². The van der Waals surface area contributed by atoms with E-state index in [9.17, 15) is 0 Å². The van der Waals surface area contributed by atoms with E-state index >= 15 is 0 Å². The molecule has 0 amide bonds. The van der Waals surface area contributed by atoms with Crippen LogP contribution in [0.3, 0.4) is 0 Å². The first-order valence-electron chi connectivity index (χ1n) is 4.94. The first-order valence-corrected chi connectivity index (χ1v) is 4.94. The predicted octanol–water partition coefficient (Wildman–Crippen LogP) is 3.84. The molecule has 0 fully saturated rings. The van der Waals surface area contributed by atoms with Crippen molar-refractivity contribution in [3.8, 4) is 6.07 Å². The Bertz CT molecular complexity index is 210. The van der Waals surface area contributed by atoms with Gasteiger partial charge in [-0.15, -0.1) is 6.58 Å². The van der Waals surface area contributed by atoms with Gasteiger partial charge < -0.3 is 0 Å². The van der Waals surface area contributed by atoms with Crippen molar-refractivity contribution in [1.29, 1.82) is 5.26 Å². The minimum Gasteiger partial charge on any atom is -0.197 e. The van der Waals surface area contributed by atoms with Crippen LogP contribution in [0.15, 0.2) is 24.8 Å². The fourth-order valence-electron chi connectivity index (χ4n) is 1.44. The molecular weight excluding hydrogens is 158 g/mol. The smallest absolute Gasteiger partial charge is 0.0787 e. The van der Waals surface area contributed by atoms with Crippen LogP contribution in [-0.2, 0) is 0 Å². The molecule has 0 N–H and O–H groups in total. The quantitative estimate of drug-likeness (QED) is 0.565. The van der Waals surface area contributed by atoms with Gasteiger partial charge in [0.1, 0.15) is 0 Å². The van der Waals surface area contributed by atoms with Crippen LogP contribution >= 0.6 is 0 Å². The lowest BCUT2D eigenvalue weighted by Gasteiger charge is -2.20. The summed E-state index contributed by atoms with van der Waals surface area (Å²) in [6, 6.07) is 2.39. The molecule has 0 aromatic carbocycles. The molecule has 0 heterocycles. The fraction of sp³-hybridized carbons (Fsp3) is 0.583. The topological polar surface area (TPSA) is 23.8 Å². The largest absolute Gasteiger partial charge is 0.197 e. The lowest BCUT2D eigenvalue weighted by Crippen LogP contribution is -2.13. The third kappa shape index (κ3) is 3.94. The predicted molar refractivity (Wildman–Crippen MR) is 57.2 cm³/mol. The van der Waals surface area contributed by atoms with Crippen LogP contribution in [0.1, 0.15) is 39.5 Å². The SMILES string of the molecule is C=CCC(C#N)(C=CCC)CCC. The van der Waals surface area contributed by atoms with Crippen LogP contribution in [0.25, 0.3) is 0 Å². The number of nitrogens with zero attached hydrogens (tertiary/aromatic N) is 1. The normalized spacial score (nSPS) is 15.2. The molecule has 72 valence electrons. The Morgan fingerprint density at radius 3 is 2.54 bits per heavy atom. The molecule has 0 aliphatic rings. The summed E-state index contributed by atoms with van der Waals surface area (Å²) in [6.45, 7) is 7.89. The molecule has 0 aromatic heterocycles. The third-order valence-electron chi connectivity index (χ3n) is 2.10. The minimum absolute atomic E-state index is 0.299. The van der Waals surface area contributed by atoms with E-state index in [-0.39, 0.29) is 5.41 Å². The number of nitriles is 1. The van der Waals surface area contributed by atoms with Crippen LogP contribution in [0.5, 0.6) is 0 Å². The number of hydrogen-bond acceptors (Lipinski definition) is 1. The zero-order valence-corrected chi connectivity index (χ0v) is 8.71. The van der Waals surface area contributed by atoms with Gasteiger partial charge in [0, 0.05) is 0 Å². The van der Waals surface area contributed by atoms with Crippen LogP contribution in [0, 0.1) is 16.7 Å². The van der Waals surface area contributed by atoms with Crippen molar-refractivity contribution >= 4 is 0 Å². The van der Waals surface area contributed by atoms with E-state index < -0.39 is 0 Å². The summed E-state index contributed by atoms with van der Waals surface area (Å²) < 4.78 is 0. The number of hydrogen-bond donors (Lipinski definition) is 0. The first kappa shape index (κ1) is 12.0. The zero-order valence-electron chi connectivity index (χ0n) is 8.71. The molecule has 0 aromatic rings. The van der Waals surface area contributed by atoms with Crippen molar-refractivity contribution in [3.05, 3.63) is 24.8 Å². The lowest BCUT2D eigenvalue weighted by atomic mass is 9.81. The maximum Gasteiger partial charge on any atom is 0.0787 e. The Morgan fingerprint density at radius 1 is 1.46 bits per heavy atom. The van der Waals surface area contributed by atoms with Gasteiger partial charge >= 0.3 is 0 Å². The Balaban J connectivity index is 4.55.